The highest BCUT2D eigenvalue weighted by Crippen LogP contribution is 2.16. The minimum absolute atomic E-state index is 0.104. The first kappa shape index (κ1) is 17.5. The van der Waals surface area contributed by atoms with Gasteiger partial charge in [-0.15, -0.1) is 0 Å². The van der Waals surface area contributed by atoms with E-state index in [1.54, 1.807) is 0 Å². The third-order valence-electron chi connectivity index (χ3n) is 2.59. The average molecular weight is 315 g/mol. The van der Waals surface area contributed by atoms with E-state index in [9.17, 15) is 18.5 Å². The number of benzene rings is 1. The molecule has 0 fully saturated rings. The van der Waals surface area contributed by atoms with Crippen LogP contribution in [0.5, 0.6) is 0 Å². The Morgan fingerprint density at radius 2 is 1.90 bits per heavy atom. The molecule has 1 aromatic rings. The Labute approximate surface area is 124 Å². The standard InChI is InChI=1S/C13H21N3O4S/c1-13(2,3)10-14-7-8-15-21(19,20)12-6-4-5-11(9-12)16(17)18/h4-6,9,14-15H,7-8,10H2,1-3H3. The maximum absolute atomic E-state index is 12.0. The summed E-state index contributed by atoms with van der Waals surface area (Å²) in [4.78, 5) is 9.93. The van der Waals surface area contributed by atoms with Gasteiger partial charge in [-0.1, -0.05) is 26.8 Å². The number of nitro groups is 1. The summed E-state index contributed by atoms with van der Waals surface area (Å²) in [6.45, 7) is 7.71. The van der Waals surface area contributed by atoms with Gasteiger partial charge in [-0.25, -0.2) is 13.1 Å². The third kappa shape index (κ3) is 6.19. The minimum Gasteiger partial charge on any atom is -0.315 e. The first-order valence-electron chi connectivity index (χ1n) is 6.57. The fourth-order valence-corrected chi connectivity index (χ4v) is 2.66. The molecule has 0 aliphatic heterocycles. The van der Waals surface area contributed by atoms with Crippen LogP contribution in [-0.4, -0.2) is 33.0 Å². The number of hydrogen-bond donors (Lipinski definition) is 2. The molecule has 0 bridgehead atoms. The van der Waals surface area contributed by atoms with E-state index in [2.05, 4.69) is 30.8 Å². The van der Waals surface area contributed by atoms with Crippen molar-refractivity contribution in [2.75, 3.05) is 19.6 Å². The van der Waals surface area contributed by atoms with Crippen LogP contribution in [0.3, 0.4) is 0 Å². The fourth-order valence-electron chi connectivity index (χ4n) is 1.58. The Balaban J connectivity index is 2.58. The van der Waals surface area contributed by atoms with Gasteiger partial charge < -0.3 is 5.32 Å². The van der Waals surface area contributed by atoms with Crippen LogP contribution < -0.4 is 10.0 Å². The molecule has 118 valence electrons. The van der Waals surface area contributed by atoms with Crippen molar-refractivity contribution < 1.29 is 13.3 Å². The summed E-state index contributed by atoms with van der Waals surface area (Å²) in [6.07, 6.45) is 0. The van der Waals surface area contributed by atoms with Crippen molar-refractivity contribution in [1.29, 1.82) is 0 Å². The van der Waals surface area contributed by atoms with E-state index in [4.69, 9.17) is 0 Å². The lowest BCUT2D eigenvalue weighted by molar-refractivity contribution is -0.385. The lowest BCUT2D eigenvalue weighted by Gasteiger charge is -2.18. The van der Waals surface area contributed by atoms with E-state index in [1.807, 2.05) is 0 Å². The first-order valence-corrected chi connectivity index (χ1v) is 8.05. The van der Waals surface area contributed by atoms with Gasteiger partial charge in [0.25, 0.3) is 5.69 Å². The summed E-state index contributed by atoms with van der Waals surface area (Å²) in [7, 11) is -3.73. The second kappa shape index (κ2) is 6.97. The number of non-ortho nitro benzene ring substituents is 1. The monoisotopic (exact) mass is 315 g/mol. The quantitative estimate of drug-likeness (QED) is 0.451. The van der Waals surface area contributed by atoms with Crippen molar-refractivity contribution in [2.45, 2.75) is 25.7 Å². The van der Waals surface area contributed by atoms with Crippen molar-refractivity contribution in [3.8, 4) is 0 Å². The van der Waals surface area contributed by atoms with Crippen LogP contribution in [0.2, 0.25) is 0 Å². The number of sulfonamides is 1. The van der Waals surface area contributed by atoms with Crippen LogP contribution in [0.1, 0.15) is 20.8 Å². The second-order valence-electron chi connectivity index (χ2n) is 5.89. The summed E-state index contributed by atoms with van der Waals surface area (Å²) in [5.41, 5.74) is -0.123. The van der Waals surface area contributed by atoms with Gasteiger partial charge in [0.15, 0.2) is 0 Å². The largest absolute Gasteiger partial charge is 0.315 e. The van der Waals surface area contributed by atoms with Gasteiger partial charge in [0, 0.05) is 31.8 Å². The van der Waals surface area contributed by atoms with Crippen LogP contribution in [0, 0.1) is 15.5 Å². The van der Waals surface area contributed by atoms with E-state index in [1.165, 1.54) is 18.2 Å². The second-order valence-corrected chi connectivity index (χ2v) is 7.66. The summed E-state index contributed by atoms with van der Waals surface area (Å²) in [5, 5.41) is 13.8. The number of hydrogen-bond acceptors (Lipinski definition) is 5. The van der Waals surface area contributed by atoms with Crippen molar-refractivity contribution in [2.24, 2.45) is 5.41 Å². The van der Waals surface area contributed by atoms with E-state index in [0.717, 1.165) is 12.6 Å². The molecule has 0 saturated carbocycles. The number of rotatable bonds is 7. The predicted octanol–water partition coefficient (Wildman–Crippen LogP) is 1.51. The summed E-state index contributed by atoms with van der Waals surface area (Å²) < 4.78 is 26.4. The van der Waals surface area contributed by atoms with E-state index < -0.39 is 14.9 Å². The lowest BCUT2D eigenvalue weighted by Crippen LogP contribution is -2.35. The van der Waals surface area contributed by atoms with Crippen molar-refractivity contribution in [3.63, 3.8) is 0 Å². The molecule has 0 unspecified atom stereocenters. The Bertz CT molecular complexity index is 594. The molecule has 0 aliphatic carbocycles. The van der Waals surface area contributed by atoms with Crippen LogP contribution in [0.15, 0.2) is 29.2 Å². The van der Waals surface area contributed by atoms with E-state index in [-0.39, 0.29) is 22.5 Å². The van der Waals surface area contributed by atoms with Crippen LogP contribution in [0.4, 0.5) is 5.69 Å². The van der Waals surface area contributed by atoms with Crippen molar-refractivity contribution in [1.82, 2.24) is 10.0 Å². The minimum atomic E-state index is -3.73. The molecule has 0 radical (unpaired) electrons. The summed E-state index contributed by atoms with van der Waals surface area (Å²) in [5.74, 6) is 0. The van der Waals surface area contributed by atoms with Gasteiger partial charge in [0.05, 0.1) is 9.82 Å². The molecule has 8 heteroatoms. The van der Waals surface area contributed by atoms with Crippen LogP contribution >= 0.6 is 0 Å². The zero-order chi connectivity index (χ0) is 16.1. The van der Waals surface area contributed by atoms with Gasteiger partial charge in [0.2, 0.25) is 10.0 Å². The number of nitrogens with zero attached hydrogens (tertiary/aromatic N) is 1. The molecule has 2 N–H and O–H groups in total. The molecule has 0 saturated heterocycles. The molecule has 0 spiro atoms. The first-order chi connectivity index (χ1) is 9.62. The molecule has 1 aromatic carbocycles. The van der Waals surface area contributed by atoms with E-state index in [0.29, 0.717) is 6.54 Å². The topological polar surface area (TPSA) is 101 Å². The highest BCUT2D eigenvalue weighted by Gasteiger charge is 2.17. The summed E-state index contributed by atoms with van der Waals surface area (Å²) >= 11 is 0. The van der Waals surface area contributed by atoms with Crippen molar-refractivity contribution in [3.05, 3.63) is 34.4 Å². The Hall–Kier alpha value is -1.51. The van der Waals surface area contributed by atoms with Crippen LogP contribution in [0.25, 0.3) is 0 Å². The van der Waals surface area contributed by atoms with Gasteiger partial charge in [0.1, 0.15) is 0 Å². The third-order valence-corrected chi connectivity index (χ3v) is 4.05. The van der Waals surface area contributed by atoms with Gasteiger partial charge in [-0.2, -0.15) is 0 Å². The molecule has 0 amide bonds. The molecule has 21 heavy (non-hydrogen) atoms. The Morgan fingerprint density at radius 1 is 1.24 bits per heavy atom. The van der Waals surface area contributed by atoms with E-state index >= 15 is 0 Å². The highest BCUT2D eigenvalue weighted by atomic mass is 32.2. The Kier molecular flexibility index (Phi) is 5.82. The SMILES string of the molecule is CC(C)(C)CNCCNS(=O)(=O)c1cccc([N+](=O)[O-])c1. The molecule has 0 aliphatic rings. The smallest absolute Gasteiger partial charge is 0.270 e. The summed E-state index contributed by atoms with van der Waals surface area (Å²) in [6, 6.07) is 4.98. The fraction of sp³-hybridized carbons (Fsp3) is 0.538. The van der Waals surface area contributed by atoms with Gasteiger partial charge in [-0.3, -0.25) is 10.1 Å². The lowest BCUT2D eigenvalue weighted by atomic mass is 9.97. The van der Waals surface area contributed by atoms with Gasteiger partial charge >= 0.3 is 0 Å². The highest BCUT2D eigenvalue weighted by molar-refractivity contribution is 7.89. The molecular formula is C13H21N3O4S. The zero-order valence-electron chi connectivity index (χ0n) is 12.4. The molecule has 0 aromatic heterocycles. The number of nitrogens with one attached hydrogen (secondary N) is 2. The maximum Gasteiger partial charge on any atom is 0.270 e. The average Bonchev–Trinajstić information content (AvgIpc) is 2.37. The predicted molar refractivity (Wildman–Crippen MR) is 80.6 cm³/mol. The zero-order valence-corrected chi connectivity index (χ0v) is 13.2. The van der Waals surface area contributed by atoms with Gasteiger partial charge in [-0.05, 0) is 11.5 Å². The Morgan fingerprint density at radius 3 is 2.48 bits per heavy atom. The molecule has 7 nitrogen and oxygen atoms in total. The molecule has 1 rings (SSSR count). The van der Waals surface area contributed by atoms with Crippen molar-refractivity contribution >= 4 is 15.7 Å². The number of nitro benzene ring substituents is 1. The maximum atomic E-state index is 12.0. The van der Waals surface area contributed by atoms with Crippen LogP contribution in [-0.2, 0) is 10.0 Å². The molecule has 0 heterocycles. The molecule has 0 atom stereocenters. The normalized spacial score (nSPS) is 12.3. The molecular weight excluding hydrogens is 294 g/mol.